The summed E-state index contributed by atoms with van der Waals surface area (Å²) in [6, 6.07) is 0.0202. The SMILES string of the molecule is CCCc1nc(N)n(C2CCCCC2O)n1. The molecule has 1 aromatic heterocycles. The van der Waals surface area contributed by atoms with Gasteiger partial charge in [0.05, 0.1) is 12.1 Å². The van der Waals surface area contributed by atoms with Gasteiger partial charge in [-0.05, 0) is 19.3 Å². The summed E-state index contributed by atoms with van der Waals surface area (Å²) in [7, 11) is 0. The second-order valence-corrected chi connectivity index (χ2v) is 4.50. The molecule has 0 bridgehead atoms. The maximum atomic E-state index is 9.94. The zero-order valence-electron chi connectivity index (χ0n) is 9.76. The molecule has 5 nitrogen and oxygen atoms in total. The van der Waals surface area contributed by atoms with Crippen molar-refractivity contribution in [3.8, 4) is 0 Å². The van der Waals surface area contributed by atoms with E-state index < -0.39 is 0 Å². The zero-order valence-corrected chi connectivity index (χ0v) is 9.76. The Bertz CT molecular complexity index is 350. The summed E-state index contributed by atoms with van der Waals surface area (Å²) in [5, 5.41) is 14.3. The lowest BCUT2D eigenvalue weighted by Crippen LogP contribution is -2.29. The Morgan fingerprint density at radius 3 is 2.88 bits per heavy atom. The van der Waals surface area contributed by atoms with Crippen molar-refractivity contribution in [3.63, 3.8) is 0 Å². The second-order valence-electron chi connectivity index (χ2n) is 4.50. The molecule has 1 heterocycles. The van der Waals surface area contributed by atoms with Crippen LogP contribution < -0.4 is 5.73 Å². The third kappa shape index (κ3) is 2.19. The topological polar surface area (TPSA) is 77.0 Å². The van der Waals surface area contributed by atoms with Gasteiger partial charge >= 0.3 is 0 Å². The summed E-state index contributed by atoms with van der Waals surface area (Å²) in [5.41, 5.74) is 5.84. The van der Waals surface area contributed by atoms with Crippen LogP contribution in [0.15, 0.2) is 0 Å². The Labute approximate surface area is 95.7 Å². The first-order valence-electron chi connectivity index (χ1n) is 6.11. The van der Waals surface area contributed by atoms with Crippen LogP contribution in [0.25, 0.3) is 0 Å². The lowest BCUT2D eigenvalue weighted by atomic mass is 9.93. The van der Waals surface area contributed by atoms with Crippen LogP contribution >= 0.6 is 0 Å². The van der Waals surface area contributed by atoms with Crippen molar-refractivity contribution >= 4 is 5.95 Å². The van der Waals surface area contributed by atoms with E-state index in [-0.39, 0.29) is 12.1 Å². The Hall–Kier alpha value is -1.10. The fourth-order valence-corrected chi connectivity index (χ4v) is 2.33. The van der Waals surface area contributed by atoms with E-state index >= 15 is 0 Å². The van der Waals surface area contributed by atoms with Crippen molar-refractivity contribution in [2.75, 3.05) is 5.73 Å². The molecule has 1 aromatic rings. The van der Waals surface area contributed by atoms with E-state index in [9.17, 15) is 5.11 Å². The Balaban J connectivity index is 2.18. The number of rotatable bonds is 3. The van der Waals surface area contributed by atoms with Gasteiger partial charge in [-0.2, -0.15) is 10.1 Å². The average Bonchev–Trinajstić information content (AvgIpc) is 2.61. The lowest BCUT2D eigenvalue weighted by molar-refractivity contribution is 0.0703. The average molecular weight is 224 g/mol. The van der Waals surface area contributed by atoms with E-state index in [2.05, 4.69) is 17.0 Å². The summed E-state index contributed by atoms with van der Waals surface area (Å²) in [5.74, 6) is 1.23. The minimum atomic E-state index is -0.327. The highest BCUT2D eigenvalue weighted by molar-refractivity contribution is 5.17. The van der Waals surface area contributed by atoms with Crippen LogP contribution in [-0.2, 0) is 6.42 Å². The lowest BCUT2D eigenvalue weighted by Gasteiger charge is -2.27. The first kappa shape index (κ1) is 11.4. The molecular weight excluding hydrogens is 204 g/mol. The van der Waals surface area contributed by atoms with E-state index in [1.807, 2.05) is 0 Å². The number of aliphatic hydroxyl groups excluding tert-OH is 1. The maximum Gasteiger partial charge on any atom is 0.219 e. The summed E-state index contributed by atoms with van der Waals surface area (Å²) in [4.78, 5) is 4.23. The van der Waals surface area contributed by atoms with Crippen LogP contribution in [0.5, 0.6) is 0 Å². The number of nitrogens with zero attached hydrogens (tertiary/aromatic N) is 3. The van der Waals surface area contributed by atoms with Gasteiger partial charge in [-0.3, -0.25) is 0 Å². The monoisotopic (exact) mass is 224 g/mol. The van der Waals surface area contributed by atoms with E-state index in [4.69, 9.17) is 5.73 Å². The number of aromatic nitrogens is 3. The number of nitrogens with two attached hydrogens (primary N) is 1. The fraction of sp³-hybridized carbons (Fsp3) is 0.818. The highest BCUT2D eigenvalue weighted by Crippen LogP contribution is 2.29. The molecule has 2 rings (SSSR count). The highest BCUT2D eigenvalue weighted by Gasteiger charge is 2.27. The van der Waals surface area contributed by atoms with Crippen molar-refractivity contribution in [2.45, 2.75) is 57.6 Å². The van der Waals surface area contributed by atoms with Crippen LogP contribution in [0, 0.1) is 0 Å². The van der Waals surface area contributed by atoms with Crippen molar-refractivity contribution in [1.29, 1.82) is 0 Å². The summed E-state index contributed by atoms with van der Waals surface area (Å²) in [6.07, 6.45) is 5.54. The standard InChI is InChI=1S/C11H20N4O/c1-2-5-10-13-11(12)15(14-10)8-6-3-4-7-9(8)16/h8-9,16H,2-7H2,1H3,(H2,12,13,14). The molecular formula is C11H20N4O. The van der Waals surface area contributed by atoms with Gasteiger partial charge < -0.3 is 10.8 Å². The van der Waals surface area contributed by atoms with Crippen molar-refractivity contribution in [1.82, 2.24) is 14.8 Å². The molecule has 2 unspecified atom stereocenters. The largest absolute Gasteiger partial charge is 0.391 e. The van der Waals surface area contributed by atoms with Gasteiger partial charge in [0.2, 0.25) is 5.95 Å². The number of aliphatic hydroxyl groups is 1. The molecule has 1 aliphatic rings. The Kier molecular flexibility index (Phi) is 3.43. The molecule has 0 aliphatic heterocycles. The summed E-state index contributed by atoms with van der Waals surface area (Å²) < 4.78 is 1.72. The Morgan fingerprint density at radius 2 is 2.19 bits per heavy atom. The first-order chi connectivity index (χ1) is 7.72. The number of nitrogen functional groups attached to an aromatic ring is 1. The minimum Gasteiger partial charge on any atom is -0.391 e. The van der Waals surface area contributed by atoms with Crippen LogP contribution in [0.4, 0.5) is 5.95 Å². The highest BCUT2D eigenvalue weighted by atomic mass is 16.3. The Morgan fingerprint density at radius 1 is 1.44 bits per heavy atom. The van der Waals surface area contributed by atoms with E-state index in [0.29, 0.717) is 5.95 Å². The molecule has 1 aliphatic carbocycles. The first-order valence-corrected chi connectivity index (χ1v) is 6.11. The number of anilines is 1. The predicted octanol–water partition coefficient (Wildman–Crippen LogP) is 1.29. The van der Waals surface area contributed by atoms with Gasteiger partial charge in [-0.15, -0.1) is 0 Å². The molecule has 2 atom stereocenters. The number of aryl methyl sites for hydroxylation is 1. The third-order valence-electron chi connectivity index (χ3n) is 3.18. The molecule has 0 saturated heterocycles. The van der Waals surface area contributed by atoms with Crippen molar-refractivity contribution in [3.05, 3.63) is 5.82 Å². The second kappa shape index (κ2) is 4.82. The molecule has 16 heavy (non-hydrogen) atoms. The molecule has 0 radical (unpaired) electrons. The maximum absolute atomic E-state index is 9.94. The molecule has 0 aromatic carbocycles. The molecule has 0 amide bonds. The zero-order chi connectivity index (χ0) is 11.5. The fourth-order valence-electron chi connectivity index (χ4n) is 2.33. The summed E-state index contributed by atoms with van der Waals surface area (Å²) in [6.45, 7) is 2.09. The minimum absolute atomic E-state index is 0.0202. The van der Waals surface area contributed by atoms with Gasteiger partial charge in [-0.1, -0.05) is 19.8 Å². The molecule has 1 saturated carbocycles. The van der Waals surface area contributed by atoms with Crippen molar-refractivity contribution < 1.29 is 5.11 Å². The van der Waals surface area contributed by atoms with Gasteiger partial charge in [0.15, 0.2) is 5.82 Å². The van der Waals surface area contributed by atoms with Gasteiger partial charge in [0.25, 0.3) is 0 Å². The van der Waals surface area contributed by atoms with E-state index in [1.165, 1.54) is 0 Å². The van der Waals surface area contributed by atoms with E-state index in [1.54, 1.807) is 4.68 Å². The van der Waals surface area contributed by atoms with Gasteiger partial charge in [0, 0.05) is 6.42 Å². The molecule has 0 spiro atoms. The molecule has 5 heteroatoms. The van der Waals surface area contributed by atoms with Gasteiger partial charge in [-0.25, -0.2) is 4.68 Å². The quantitative estimate of drug-likeness (QED) is 0.811. The molecule has 1 fully saturated rings. The molecule has 90 valence electrons. The van der Waals surface area contributed by atoms with Crippen molar-refractivity contribution in [2.24, 2.45) is 0 Å². The third-order valence-corrected chi connectivity index (χ3v) is 3.18. The van der Waals surface area contributed by atoms with E-state index in [0.717, 1.165) is 44.3 Å². The predicted molar refractivity (Wildman–Crippen MR) is 61.9 cm³/mol. The number of hydrogen-bond donors (Lipinski definition) is 2. The van der Waals surface area contributed by atoms with Gasteiger partial charge in [0.1, 0.15) is 0 Å². The van der Waals surface area contributed by atoms with Crippen LogP contribution in [0.2, 0.25) is 0 Å². The smallest absolute Gasteiger partial charge is 0.219 e. The van der Waals surface area contributed by atoms with Crippen LogP contribution in [0.1, 0.15) is 50.9 Å². The normalized spacial score (nSPS) is 25.9. The summed E-state index contributed by atoms with van der Waals surface area (Å²) >= 11 is 0. The van der Waals surface area contributed by atoms with Crippen LogP contribution in [0.3, 0.4) is 0 Å². The van der Waals surface area contributed by atoms with Crippen LogP contribution in [-0.4, -0.2) is 26.0 Å². The number of hydrogen-bond acceptors (Lipinski definition) is 4. The molecule has 3 N–H and O–H groups in total.